The summed E-state index contributed by atoms with van der Waals surface area (Å²) in [5.74, 6) is -1.40. The number of nitrogens with zero attached hydrogens (tertiary/aromatic N) is 2. The summed E-state index contributed by atoms with van der Waals surface area (Å²) in [6.45, 7) is 5.72. The lowest BCUT2D eigenvalue weighted by atomic mass is 10.1. The third-order valence-electron chi connectivity index (χ3n) is 5.23. The van der Waals surface area contributed by atoms with E-state index in [4.69, 9.17) is 4.74 Å². The highest BCUT2D eigenvalue weighted by atomic mass is 16.5. The summed E-state index contributed by atoms with van der Waals surface area (Å²) in [7, 11) is 1.89. The predicted molar refractivity (Wildman–Crippen MR) is 102 cm³/mol. The average Bonchev–Trinajstić information content (AvgIpc) is 3.15. The summed E-state index contributed by atoms with van der Waals surface area (Å²) in [6.07, 6.45) is 0.102. The van der Waals surface area contributed by atoms with E-state index < -0.39 is 11.9 Å². The molecule has 3 rings (SSSR count). The number of carbonyl (C=O) groups excluding carboxylic acids is 3. The van der Waals surface area contributed by atoms with Crippen LogP contribution in [0.1, 0.15) is 33.7 Å². The molecule has 1 saturated heterocycles. The van der Waals surface area contributed by atoms with Gasteiger partial charge < -0.3 is 14.2 Å². The van der Waals surface area contributed by atoms with E-state index in [9.17, 15) is 14.4 Å². The number of Topliss-reactive ketones (excluding diaryl/α,β-unsaturated/α-hetero) is 1. The van der Waals surface area contributed by atoms with Gasteiger partial charge in [0.15, 0.2) is 6.61 Å². The Hall–Kier alpha value is -2.89. The Bertz CT molecular complexity index is 896. The fourth-order valence-corrected chi connectivity index (χ4v) is 3.31. The first-order chi connectivity index (χ1) is 12.8. The van der Waals surface area contributed by atoms with Gasteiger partial charge in [-0.1, -0.05) is 17.7 Å². The number of hydrogen-bond acceptors (Lipinski definition) is 4. The van der Waals surface area contributed by atoms with Gasteiger partial charge in [0.2, 0.25) is 11.7 Å². The van der Waals surface area contributed by atoms with Crippen molar-refractivity contribution in [2.75, 3.05) is 18.1 Å². The van der Waals surface area contributed by atoms with Gasteiger partial charge in [0.05, 0.1) is 5.92 Å². The van der Waals surface area contributed by atoms with E-state index in [-0.39, 0.29) is 31.3 Å². The van der Waals surface area contributed by atoms with Crippen molar-refractivity contribution < 1.29 is 19.1 Å². The molecule has 0 bridgehead atoms. The van der Waals surface area contributed by atoms with Crippen LogP contribution in [0.15, 0.2) is 30.3 Å². The molecule has 2 aromatic rings. The molecule has 27 heavy (non-hydrogen) atoms. The first kappa shape index (κ1) is 18.9. The fourth-order valence-electron chi connectivity index (χ4n) is 3.31. The topological polar surface area (TPSA) is 68.6 Å². The van der Waals surface area contributed by atoms with Crippen LogP contribution in [0.3, 0.4) is 0 Å². The second kappa shape index (κ2) is 7.39. The number of ether oxygens (including phenoxy) is 1. The Morgan fingerprint density at radius 3 is 2.41 bits per heavy atom. The molecule has 0 saturated carbocycles. The molecule has 1 amide bonds. The van der Waals surface area contributed by atoms with Gasteiger partial charge in [-0.25, -0.2) is 0 Å². The maximum Gasteiger partial charge on any atom is 0.311 e. The second-order valence-electron chi connectivity index (χ2n) is 7.12. The van der Waals surface area contributed by atoms with E-state index in [0.717, 1.165) is 22.6 Å². The van der Waals surface area contributed by atoms with Gasteiger partial charge in [-0.05, 0) is 39.0 Å². The average molecular weight is 368 g/mol. The third kappa shape index (κ3) is 3.79. The minimum absolute atomic E-state index is 0.102. The highest BCUT2D eigenvalue weighted by Gasteiger charge is 2.36. The standard InChI is InChI=1S/C21H24N2O4/c1-13-5-7-17(8-6-13)23-11-16(10-20(23)25)21(26)27-12-19(24)18-9-14(2)22(4)15(18)3/h5-9,16H,10-12H2,1-4H3. The van der Waals surface area contributed by atoms with Crippen LogP contribution in [0.2, 0.25) is 0 Å². The molecule has 1 unspecified atom stereocenters. The molecule has 0 aliphatic carbocycles. The molecule has 6 nitrogen and oxygen atoms in total. The van der Waals surface area contributed by atoms with E-state index >= 15 is 0 Å². The lowest BCUT2D eigenvalue weighted by Gasteiger charge is -2.16. The number of aromatic nitrogens is 1. The van der Waals surface area contributed by atoms with Crippen molar-refractivity contribution >= 4 is 23.3 Å². The van der Waals surface area contributed by atoms with E-state index in [1.54, 1.807) is 11.0 Å². The van der Waals surface area contributed by atoms with E-state index in [1.165, 1.54) is 0 Å². The fraction of sp³-hybridized carbons (Fsp3) is 0.381. The molecule has 1 atom stereocenters. The zero-order valence-corrected chi connectivity index (χ0v) is 16.1. The SMILES string of the molecule is Cc1ccc(N2CC(C(=O)OCC(=O)c3cc(C)n(C)c3C)CC2=O)cc1. The monoisotopic (exact) mass is 368 g/mol. The smallest absolute Gasteiger partial charge is 0.311 e. The maximum atomic E-state index is 12.4. The van der Waals surface area contributed by atoms with Crippen LogP contribution in [0, 0.1) is 26.7 Å². The van der Waals surface area contributed by atoms with Crippen LogP contribution in [-0.4, -0.2) is 35.4 Å². The number of ketones is 1. The number of amides is 1. The van der Waals surface area contributed by atoms with Crippen LogP contribution < -0.4 is 4.90 Å². The Morgan fingerprint density at radius 2 is 1.81 bits per heavy atom. The van der Waals surface area contributed by atoms with Crippen LogP contribution in [0.5, 0.6) is 0 Å². The number of aryl methyl sites for hydroxylation is 2. The van der Waals surface area contributed by atoms with Gasteiger partial charge in [0.1, 0.15) is 0 Å². The Labute approximate surface area is 158 Å². The van der Waals surface area contributed by atoms with Gasteiger partial charge in [-0.2, -0.15) is 0 Å². The van der Waals surface area contributed by atoms with Crippen molar-refractivity contribution in [1.29, 1.82) is 0 Å². The number of anilines is 1. The van der Waals surface area contributed by atoms with Gasteiger partial charge in [-0.3, -0.25) is 14.4 Å². The number of benzene rings is 1. The highest BCUT2D eigenvalue weighted by molar-refractivity contribution is 6.01. The molecule has 0 N–H and O–H groups in total. The van der Waals surface area contributed by atoms with Gasteiger partial charge >= 0.3 is 5.97 Å². The molecule has 0 radical (unpaired) electrons. The minimum Gasteiger partial charge on any atom is -0.457 e. The highest BCUT2D eigenvalue weighted by Crippen LogP contribution is 2.26. The molecule has 0 spiro atoms. The molecular weight excluding hydrogens is 344 g/mol. The first-order valence-corrected chi connectivity index (χ1v) is 8.97. The lowest BCUT2D eigenvalue weighted by molar-refractivity contribution is -0.147. The molecule has 1 aliphatic rings. The van der Waals surface area contributed by atoms with Gasteiger partial charge in [0, 0.05) is 42.7 Å². The maximum absolute atomic E-state index is 12.4. The summed E-state index contributed by atoms with van der Waals surface area (Å²) in [6, 6.07) is 9.38. The van der Waals surface area contributed by atoms with Crippen LogP contribution in [-0.2, 0) is 21.4 Å². The molecule has 1 aromatic carbocycles. The summed E-state index contributed by atoms with van der Waals surface area (Å²) in [5, 5.41) is 0. The molecule has 1 aromatic heterocycles. The summed E-state index contributed by atoms with van der Waals surface area (Å²) < 4.78 is 7.14. The van der Waals surface area contributed by atoms with Crippen molar-refractivity contribution in [2.24, 2.45) is 13.0 Å². The number of carbonyl (C=O) groups is 3. The van der Waals surface area contributed by atoms with Gasteiger partial charge in [0.25, 0.3) is 0 Å². The number of hydrogen-bond donors (Lipinski definition) is 0. The molecule has 1 fully saturated rings. The molecule has 2 heterocycles. The van der Waals surface area contributed by atoms with Crippen LogP contribution in [0.25, 0.3) is 0 Å². The largest absolute Gasteiger partial charge is 0.457 e. The molecule has 1 aliphatic heterocycles. The van der Waals surface area contributed by atoms with Crippen molar-refractivity contribution in [1.82, 2.24) is 4.57 Å². The summed E-state index contributed by atoms with van der Waals surface area (Å²) >= 11 is 0. The number of rotatable bonds is 5. The minimum atomic E-state index is -0.551. The lowest BCUT2D eigenvalue weighted by Crippen LogP contribution is -2.27. The van der Waals surface area contributed by atoms with Crippen LogP contribution in [0.4, 0.5) is 5.69 Å². The first-order valence-electron chi connectivity index (χ1n) is 8.97. The van der Waals surface area contributed by atoms with Crippen molar-refractivity contribution in [2.45, 2.75) is 27.2 Å². The predicted octanol–water partition coefficient (Wildman–Crippen LogP) is 2.73. The molecule has 6 heteroatoms. The van der Waals surface area contributed by atoms with Gasteiger partial charge in [-0.15, -0.1) is 0 Å². The zero-order chi connectivity index (χ0) is 19.7. The molecular formula is C21H24N2O4. The Kier molecular flexibility index (Phi) is 5.17. The van der Waals surface area contributed by atoms with E-state index in [1.807, 2.05) is 56.7 Å². The normalized spacial score (nSPS) is 16.7. The van der Waals surface area contributed by atoms with E-state index in [2.05, 4.69) is 0 Å². The Morgan fingerprint density at radius 1 is 1.15 bits per heavy atom. The van der Waals surface area contributed by atoms with E-state index in [0.29, 0.717) is 5.56 Å². The van der Waals surface area contributed by atoms with Crippen molar-refractivity contribution in [3.8, 4) is 0 Å². The van der Waals surface area contributed by atoms with Crippen LogP contribution >= 0.6 is 0 Å². The zero-order valence-electron chi connectivity index (χ0n) is 16.1. The summed E-state index contributed by atoms with van der Waals surface area (Å²) in [4.78, 5) is 38.6. The van der Waals surface area contributed by atoms with Crippen molar-refractivity contribution in [3.63, 3.8) is 0 Å². The molecule has 142 valence electrons. The van der Waals surface area contributed by atoms with Crippen molar-refractivity contribution in [3.05, 3.63) is 52.8 Å². The second-order valence-corrected chi connectivity index (χ2v) is 7.12. The Balaban J connectivity index is 1.60. The number of esters is 1. The summed E-state index contributed by atoms with van der Waals surface area (Å²) in [5.41, 5.74) is 4.25. The third-order valence-corrected chi connectivity index (χ3v) is 5.23. The quantitative estimate of drug-likeness (QED) is 0.601.